The minimum absolute atomic E-state index is 0.0224. The van der Waals surface area contributed by atoms with E-state index in [1.807, 2.05) is 11.9 Å². The summed E-state index contributed by atoms with van der Waals surface area (Å²) in [5.41, 5.74) is 0.380. The number of para-hydroxylation sites is 1. The number of methoxy groups -OCH3 is 1. The van der Waals surface area contributed by atoms with Crippen molar-refractivity contribution >= 4 is 17.7 Å². The number of nitrogens with one attached hydrogen (secondary N) is 1. The van der Waals surface area contributed by atoms with Crippen LogP contribution in [0.2, 0.25) is 0 Å². The van der Waals surface area contributed by atoms with Crippen LogP contribution in [0.25, 0.3) is 6.08 Å². The number of nitro benzene ring substituents is 1. The molecule has 1 aromatic rings. The second-order valence-electron chi connectivity index (χ2n) is 4.74. The van der Waals surface area contributed by atoms with Crippen molar-refractivity contribution in [3.05, 3.63) is 46.0 Å². The van der Waals surface area contributed by atoms with Crippen molar-refractivity contribution in [2.45, 2.75) is 0 Å². The predicted molar refractivity (Wildman–Crippen MR) is 84.5 cm³/mol. The van der Waals surface area contributed by atoms with Crippen molar-refractivity contribution < 1.29 is 14.5 Å². The molecule has 0 saturated heterocycles. The first-order valence-corrected chi connectivity index (χ1v) is 6.91. The van der Waals surface area contributed by atoms with Gasteiger partial charge >= 0.3 is 0 Å². The summed E-state index contributed by atoms with van der Waals surface area (Å²) in [6.45, 7) is 2.63. The zero-order valence-electron chi connectivity index (χ0n) is 12.8. The first kappa shape index (κ1) is 17.8. The molecule has 0 aromatic heterocycles. The van der Waals surface area contributed by atoms with Crippen LogP contribution in [0.5, 0.6) is 0 Å². The number of hydrogen-bond acceptors (Lipinski definition) is 5. The highest BCUT2D eigenvalue weighted by Gasteiger charge is 2.09. The fourth-order valence-electron chi connectivity index (χ4n) is 1.75. The summed E-state index contributed by atoms with van der Waals surface area (Å²) in [5.74, 6) is -0.279. The molecule has 7 heteroatoms. The Bertz CT molecular complexity index is 531. The van der Waals surface area contributed by atoms with Crippen LogP contribution in [0.1, 0.15) is 5.56 Å². The Morgan fingerprint density at radius 3 is 2.82 bits per heavy atom. The zero-order valence-corrected chi connectivity index (χ0v) is 12.8. The van der Waals surface area contributed by atoms with Gasteiger partial charge in [-0.05, 0) is 19.2 Å². The molecule has 1 N–H and O–H groups in total. The van der Waals surface area contributed by atoms with E-state index in [1.54, 1.807) is 25.3 Å². The Hall–Kier alpha value is -2.25. The number of likely N-dealkylation sites (N-methyl/N-ethyl adjacent to an activating group) is 1. The molecule has 0 atom stereocenters. The Labute approximate surface area is 129 Å². The Morgan fingerprint density at radius 1 is 1.41 bits per heavy atom. The molecule has 0 radical (unpaired) electrons. The van der Waals surface area contributed by atoms with Crippen molar-refractivity contribution in [2.24, 2.45) is 0 Å². The number of carbonyl (C=O) groups excluding carboxylic acids is 1. The fraction of sp³-hybridized carbons (Fsp3) is 0.400. The molecule has 22 heavy (non-hydrogen) atoms. The van der Waals surface area contributed by atoms with E-state index < -0.39 is 4.92 Å². The van der Waals surface area contributed by atoms with Gasteiger partial charge in [-0.25, -0.2) is 0 Å². The number of rotatable bonds is 9. The van der Waals surface area contributed by atoms with Gasteiger partial charge in [-0.1, -0.05) is 12.1 Å². The largest absolute Gasteiger partial charge is 0.383 e. The predicted octanol–water partition coefficient (Wildman–Crippen LogP) is 1.30. The Balaban J connectivity index is 2.44. The summed E-state index contributed by atoms with van der Waals surface area (Å²) in [7, 11) is 3.58. The van der Waals surface area contributed by atoms with Crippen LogP contribution in [-0.4, -0.2) is 56.1 Å². The molecule has 0 unspecified atom stereocenters. The van der Waals surface area contributed by atoms with E-state index in [0.717, 1.165) is 6.54 Å². The van der Waals surface area contributed by atoms with Gasteiger partial charge in [0.15, 0.2) is 0 Å². The summed E-state index contributed by atoms with van der Waals surface area (Å²) in [6, 6.07) is 6.28. The average Bonchev–Trinajstić information content (AvgIpc) is 2.51. The molecule has 0 aliphatic carbocycles. The third-order valence-electron chi connectivity index (χ3n) is 3.02. The average molecular weight is 307 g/mol. The van der Waals surface area contributed by atoms with Gasteiger partial charge in [-0.2, -0.15) is 0 Å². The SMILES string of the molecule is COCCN(C)CCNC(=O)C=Cc1ccccc1[N+](=O)[O-]. The maximum Gasteiger partial charge on any atom is 0.276 e. The lowest BCUT2D eigenvalue weighted by Gasteiger charge is -2.15. The van der Waals surface area contributed by atoms with E-state index in [1.165, 1.54) is 18.2 Å². The van der Waals surface area contributed by atoms with Crippen LogP contribution < -0.4 is 5.32 Å². The number of hydrogen-bond donors (Lipinski definition) is 1. The molecule has 1 amide bonds. The standard InChI is InChI=1S/C15H21N3O4/c1-17(11-12-22-2)10-9-16-15(19)8-7-13-5-3-4-6-14(13)18(20)21/h3-8H,9-12H2,1-2H3,(H,16,19). The van der Waals surface area contributed by atoms with Crippen LogP contribution in [-0.2, 0) is 9.53 Å². The summed E-state index contributed by atoms with van der Waals surface area (Å²) < 4.78 is 4.96. The molecule has 0 spiro atoms. The molecule has 0 aliphatic heterocycles. The first-order valence-electron chi connectivity index (χ1n) is 6.91. The molecular weight excluding hydrogens is 286 g/mol. The second kappa shape index (κ2) is 9.64. The molecular formula is C15H21N3O4. The first-order chi connectivity index (χ1) is 10.5. The quantitative estimate of drug-likeness (QED) is 0.422. The lowest BCUT2D eigenvalue weighted by atomic mass is 10.1. The molecule has 0 fully saturated rings. The molecule has 120 valence electrons. The molecule has 1 aromatic carbocycles. The normalized spacial score (nSPS) is 11.0. The highest BCUT2D eigenvalue weighted by molar-refractivity contribution is 5.92. The van der Waals surface area contributed by atoms with E-state index in [2.05, 4.69) is 5.32 Å². The van der Waals surface area contributed by atoms with Crippen molar-refractivity contribution in [3.8, 4) is 0 Å². The molecule has 0 saturated carbocycles. The third-order valence-corrected chi connectivity index (χ3v) is 3.02. The molecule has 0 aliphatic rings. The van der Waals surface area contributed by atoms with Crippen LogP contribution in [0, 0.1) is 10.1 Å². The van der Waals surface area contributed by atoms with Gasteiger partial charge in [0, 0.05) is 38.9 Å². The van der Waals surface area contributed by atoms with Crippen LogP contribution in [0.4, 0.5) is 5.69 Å². The lowest BCUT2D eigenvalue weighted by Crippen LogP contribution is -2.33. The number of carbonyl (C=O) groups is 1. The Kier molecular flexibility index (Phi) is 7.80. The second-order valence-corrected chi connectivity index (χ2v) is 4.74. The van der Waals surface area contributed by atoms with E-state index in [4.69, 9.17) is 4.74 Å². The van der Waals surface area contributed by atoms with Gasteiger partial charge < -0.3 is 15.0 Å². The van der Waals surface area contributed by atoms with E-state index in [9.17, 15) is 14.9 Å². The smallest absolute Gasteiger partial charge is 0.276 e. The minimum atomic E-state index is -0.470. The number of ether oxygens (including phenoxy) is 1. The summed E-state index contributed by atoms with van der Waals surface area (Å²) in [6.07, 6.45) is 2.75. The van der Waals surface area contributed by atoms with Crippen molar-refractivity contribution in [2.75, 3.05) is 40.4 Å². The summed E-state index contributed by atoms with van der Waals surface area (Å²) in [4.78, 5) is 24.1. The number of benzene rings is 1. The monoisotopic (exact) mass is 307 g/mol. The highest BCUT2D eigenvalue weighted by atomic mass is 16.6. The van der Waals surface area contributed by atoms with Gasteiger partial charge in [-0.3, -0.25) is 14.9 Å². The summed E-state index contributed by atoms with van der Waals surface area (Å²) >= 11 is 0. The minimum Gasteiger partial charge on any atom is -0.383 e. The van der Waals surface area contributed by atoms with Crippen molar-refractivity contribution in [1.82, 2.24) is 10.2 Å². The van der Waals surface area contributed by atoms with Gasteiger partial charge in [0.2, 0.25) is 5.91 Å². The molecule has 0 bridgehead atoms. The molecule has 7 nitrogen and oxygen atoms in total. The number of nitro groups is 1. The van der Waals surface area contributed by atoms with Gasteiger partial charge in [0.1, 0.15) is 0 Å². The number of nitrogens with zero attached hydrogens (tertiary/aromatic N) is 2. The van der Waals surface area contributed by atoms with Gasteiger partial charge in [-0.15, -0.1) is 0 Å². The maximum atomic E-state index is 11.7. The topological polar surface area (TPSA) is 84.7 Å². The Morgan fingerprint density at radius 2 is 2.14 bits per heavy atom. The van der Waals surface area contributed by atoms with Gasteiger partial charge in [0.05, 0.1) is 17.1 Å². The van der Waals surface area contributed by atoms with Crippen LogP contribution >= 0.6 is 0 Å². The lowest BCUT2D eigenvalue weighted by molar-refractivity contribution is -0.385. The van der Waals surface area contributed by atoms with E-state index in [-0.39, 0.29) is 11.6 Å². The zero-order chi connectivity index (χ0) is 16.4. The van der Waals surface area contributed by atoms with Crippen molar-refractivity contribution in [1.29, 1.82) is 0 Å². The van der Waals surface area contributed by atoms with E-state index in [0.29, 0.717) is 25.3 Å². The van der Waals surface area contributed by atoms with Crippen LogP contribution in [0.3, 0.4) is 0 Å². The maximum absolute atomic E-state index is 11.7. The summed E-state index contributed by atoms with van der Waals surface area (Å²) in [5, 5.41) is 13.6. The highest BCUT2D eigenvalue weighted by Crippen LogP contribution is 2.18. The number of amides is 1. The van der Waals surface area contributed by atoms with E-state index >= 15 is 0 Å². The molecule has 1 rings (SSSR count). The molecule has 0 heterocycles. The third kappa shape index (κ3) is 6.47. The van der Waals surface area contributed by atoms with Crippen LogP contribution in [0.15, 0.2) is 30.3 Å². The van der Waals surface area contributed by atoms with Crippen molar-refractivity contribution in [3.63, 3.8) is 0 Å². The fourth-order valence-corrected chi connectivity index (χ4v) is 1.75. The van der Waals surface area contributed by atoms with Gasteiger partial charge in [0.25, 0.3) is 5.69 Å².